The highest BCUT2D eigenvalue weighted by Gasteiger charge is 2.52. The number of carbonyl (C=O) groups excluding carboxylic acids is 2. The maximum Gasteiger partial charge on any atom is 0.296 e. The fourth-order valence-electron chi connectivity index (χ4n) is 4.37. The van der Waals surface area contributed by atoms with E-state index in [1.54, 1.807) is 23.2 Å². The van der Waals surface area contributed by atoms with Crippen LogP contribution in [0.2, 0.25) is 5.02 Å². The van der Waals surface area contributed by atoms with E-state index in [0.29, 0.717) is 15.7 Å². The molecule has 7 heteroatoms. The lowest BCUT2D eigenvalue weighted by Crippen LogP contribution is -2.39. The summed E-state index contributed by atoms with van der Waals surface area (Å²) in [5, 5.41) is 2.93. The molecule has 138 valence electrons. The van der Waals surface area contributed by atoms with Crippen LogP contribution in [-0.2, 0) is 14.3 Å². The molecule has 3 unspecified atom stereocenters. The van der Waals surface area contributed by atoms with Gasteiger partial charge in [-0.05, 0) is 37.0 Å². The molecule has 1 aliphatic carbocycles. The van der Waals surface area contributed by atoms with E-state index < -0.39 is 6.04 Å². The van der Waals surface area contributed by atoms with E-state index in [1.807, 2.05) is 17.5 Å². The maximum absolute atomic E-state index is 13.4. The number of halogens is 1. The molecule has 0 spiro atoms. The molecule has 5 rings (SSSR count). The summed E-state index contributed by atoms with van der Waals surface area (Å²) in [6.07, 6.45) is 5.14. The van der Waals surface area contributed by atoms with Gasteiger partial charge in [-0.2, -0.15) is 0 Å². The molecule has 1 aromatic carbocycles. The average molecular weight is 401 g/mol. The quantitative estimate of drug-likeness (QED) is 0.754. The van der Waals surface area contributed by atoms with Crippen LogP contribution in [-0.4, -0.2) is 22.8 Å². The van der Waals surface area contributed by atoms with Crippen LogP contribution in [0.15, 0.2) is 47.2 Å². The first-order valence-electron chi connectivity index (χ1n) is 9.08. The Morgan fingerprint density at radius 1 is 1.22 bits per heavy atom. The van der Waals surface area contributed by atoms with Crippen molar-refractivity contribution in [3.05, 3.63) is 57.8 Å². The fraction of sp³-hybridized carbons (Fsp3) is 0.350. The van der Waals surface area contributed by atoms with E-state index >= 15 is 0 Å². The summed E-state index contributed by atoms with van der Waals surface area (Å²) in [5.41, 5.74) is 1.25. The number of anilines is 1. The van der Waals surface area contributed by atoms with Crippen LogP contribution in [0, 0.1) is 5.92 Å². The first kappa shape index (κ1) is 17.0. The monoisotopic (exact) mass is 400 g/mol. The highest BCUT2D eigenvalue weighted by molar-refractivity contribution is 7.13. The molecule has 1 aromatic heterocycles. The summed E-state index contributed by atoms with van der Waals surface area (Å²) < 4.78 is 6.12. The number of ketones is 1. The second-order valence-corrected chi connectivity index (χ2v) is 8.41. The van der Waals surface area contributed by atoms with Crippen molar-refractivity contribution >= 4 is 39.8 Å². The van der Waals surface area contributed by atoms with Crippen molar-refractivity contribution in [3.63, 3.8) is 0 Å². The first-order valence-corrected chi connectivity index (χ1v) is 10.3. The predicted octanol–water partition coefficient (Wildman–Crippen LogP) is 4.30. The molecule has 5 nitrogen and oxygen atoms in total. The van der Waals surface area contributed by atoms with Crippen molar-refractivity contribution in [1.29, 1.82) is 0 Å². The molecular formula is C20H17ClN2O3S. The summed E-state index contributed by atoms with van der Waals surface area (Å²) in [5.74, 6) is -0.216. The Hall–Kier alpha value is -2.18. The smallest absolute Gasteiger partial charge is 0.296 e. The van der Waals surface area contributed by atoms with Crippen LogP contribution in [0.3, 0.4) is 0 Å². The molecule has 1 fully saturated rings. The zero-order valence-electron chi connectivity index (χ0n) is 14.4. The largest absolute Gasteiger partial charge is 0.483 e. The molecule has 1 saturated carbocycles. The van der Waals surface area contributed by atoms with Gasteiger partial charge in [0.05, 0.1) is 17.5 Å². The number of hydrogen-bond donors (Lipinski definition) is 0. The van der Waals surface area contributed by atoms with Gasteiger partial charge in [0.15, 0.2) is 16.7 Å². The molecule has 0 saturated heterocycles. The standard InChI is InChI=1S/C20H17ClN2O3S/c21-12-5-3-4-11(10-12)16-15-17(24)13-6-1-2-7-14(13)26-18(15)19(25)23(16)20-22-8-9-27-20/h3-5,8-10,13-14,16H,1-2,6-7H2. The van der Waals surface area contributed by atoms with E-state index in [0.717, 1.165) is 31.2 Å². The predicted molar refractivity (Wildman–Crippen MR) is 103 cm³/mol. The minimum absolute atomic E-state index is 0.0401. The lowest BCUT2D eigenvalue weighted by Gasteiger charge is -2.35. The number of aromatic nitrogens is 1. The average Bonchev–Trinajstić information content (AvgIpc) is 3.29. The normalized spacial score (nSPS) is 27.4. The second kappa shape index (κ2) is 6.46. The van der Waals surface area contributed by atoms with Crippen LogP contribution in [0.1, 0.15) is 37.3 Å². The van der Waals surface area contributed by atoms with E-state index in [4.69, 9.17) is 16.3 Å². The number of hydrogen-bond acceptors (Lipinski definition) is 5. The number of nitrogens with zero attached hydrogens (tertiary/aromatic N) is 2. The van der Waals surface area contributed by atoms with Crippen molar-refractivity contribution < 1.29 is 14.3 Å². The molecule has 3 aliphatic rings. The van der Waals surface area contributed by atoms with Gasteiger partial charge in [-0.1, -0.05) is 30.2 Å². The van der Waals surface area contributed by atoms with Gasteiger partial charge in [0.25, 0.3) is 5.91 Å². The number of carbonyl (C=O) groups is 2. The van der Waals surface area contributed by atoms with Gasteiger partial charge >= 0.3 is 0 Å². The van der Waals surface area contributed by atoms with E-state index in [9.17, 15) is 9.59 Å². The first-order chi connectivity index (χ1) is 13.1. The van der Waals surface area contributed by atoms with Crippen molar-refractivity contribution in [2.24, 2.45) is 5.92 Å². The molecule has 0 bridgehead atoms. The van der Waals surface area contributed by atoms with Gasteiger partial charge in [-0.25, -0.2) is 4.98 Å². The van der Waals surface area contributed by atoms with Crippen molar-refractivity contribution in [2.45, 2.75) is 37.8 Å². The summed E-state index contributed by atoms with van der Waals surface area (Å²) in [7, 11) is 0. The molecule has 3 heterocycles. The number of Topliss-reactive ketones (excluding diaryl/α,β-unsaturated/α-hetero) is 1. The Morgan fingerprint density at radius 2 is 2.07 bits per heavy atom. The molecule has 1 amide bonds. The number of benzene rings is 1. The topological polar surface area (TPSA) is 59.5 Å². The lowest BCUT2D eigenvalue weighted by molar-refractivity contribution is -0.131. The fourth-order valence-corrected chi connectivity index (χ4v) is 5.23. The van der Waals surface area contributed by atoms with Crippen LogP contribution in [0.25, 0.3) is 0 Å². The molecular weight excluding hydrogens is 384 g/mol. The molecule has 27 heavy (non-hydrogen) atoms. The van der Waals surface area contributed by atoms with Gasteiger partial charge in [0.2, 0.25) is 0 Å². The summed E-state index contributed by atoms with van der Waals surface area (Å²) in [6, 6.07) is 6.75. The van der Waals surface area contributed by atoms with Gasteiger partial charge in [-0.3, -0.25) is 14.5 Å². The summed E-state index contributed by atoms with van der Waals surface area (Å²) in [6.45, 7) is 0. The summed E-state index contributed by atoms with van der Waals surface area (Å²) in [4.78, 5) is 32.6. The van der Waals surface area contributed by atoms with Crippen molar-refractivity contribution in [1.82, 2.24) is 4.98 Å². The maximum atomic E-state index is 13.4. The Morgan fingerprint density at radius 3 is 2.85 bits per heavy atom. The number of amides is 1. The van der Waals surface area contributed by atoms with E-state index in [-0.39, 0.29) is 29.5 Å². The van der Waals surface area contributed by atoms with Crippen molar-refractivity contribution in [2.75, 3.05) is 4.90 Å². The summed E-state index contributed by atoms with van der Waals surface area (Å²) >= 11 is 7.57. The third-order valence-electron chi connectivity index (χ3n) is 5.55. The third-order valence-corrected chi connectivity index (χ3v) is 6.56. The van der Waals surface area contributed by atoms with Crippen LogP contribution in [0.4, 0.5) is 5.13 Å². The molecule has 3 atom stereocenters. The Balaban J connectivity index is 1.67. The van der Waals surface area contributed by atoms with E-state index in [1.165, 1.54) is 11.3 Å². The number of thiazole rings is 1. The Bertz CT molecular complexity index is 956. The van der Waals surface area contributed by atoms with Crippen LogP contribution < -0.4 is 4.90 Å². The minimum atomic E-state index is -0.548. The van der Waals surface area contributed by atoms with Gasteiger partial charge in [-0.15, -0.1) is 11.3 Å². The van der Waals surface area contributed by atoms with Crippen LogP contribution in [0.5, 0.6) is 0 Å². The second-order valence-electron chi connectivity index (χ2n) is 7.10. The number of rotatable bonds is 2. The number of fused-ring (bicyclic) bond motifs is 1. The zero-order chi connectivity index (χ0) is 18.5. The van der Waals surface area contributed by atoms with Crippen molar-refractivity contribution in [3.8, 4) is 0 Å². The molecule has 0 N–H and O–H groups in total. The minimum Gasteiger partial charge on any atom is -0.483 e. The lowest BCUT2D eigenvalue weighted by atomic mass is 9.77. The van der Waals surface area contributed by atoms with Crippen LogP contribution >= 0.6 is 22.9 Å². The zero-order valence-corrected chi connectivity index (χ0v) is 16.0. The van der Waals surface area contributed by atoms with Gasteiger partial charge in [0.1, 0.15) is 6.10 Å². The molecule has 0 radical (unpaired) electrons. The third kappa shape index (κ3) is 2.62. The van der Waals surface area contributed by atoms with Gasteiger partial charge in [0, 0.05) is 16.6 Å². The molecule has 2 aromatic rings. The highest BCUT2D eigenvalue weighted by Crippen LogP contribution is 2.48. The highest BCUT2D eigenvalue weighted by atomic mass is 35.5. The Labute approximate surface area is 165 Å². The SMILES string of the molecule is O=C1C2=C(OC3CCCCC13)C(=O)N(c1nccs1)C2c1cccc(Cl)c1. The number of ether oxygens (including phenoxy) is 1. The molecule has 2 aliphatic heterocycles. The Kier molecular flexibility index (Phi) is 4.06. The van der Waals surface area contributed by atoms with Gasteiger partial charge < -0.3 is 4.74 Å². The van der Waals surface area contributed by atoms with E-state index in [2.05, 4.69) is 4.98 Å².